The summed E-state index contributed by atoms with van der Waals surface area (Å²) in [5.41, 5.74) is 49.6. The molecule has 0 saturated carbocycles. The number of hydrogen-bond acceptors (Lipinski definition) is 13. The van der Waals surface area contributed by atoms with Crippen LogP contribution in [0.15, 0.2) is 15.0 Å². The van der Waals surface area contributed by atoms with Crippen molar-refractivity contribution in [1.82, 2.24) is 26.6 Å². The Balaban J connectivity index is 6.46. The van der Waals surface area contributed by atoms with Crippen LogP contribution in [-0.2, 0) is 28.8 Å². The minimum Gasteiger partial charge on any atom is -0.391 e. The highest BCUT2D eigenvalue weighted by molar-refractivity contribution is 5.96. The summed E-state index contributed by atoms with van der Waals surface area (Å²) in [6.07, 6.45) is 2.59. The van der Waals surface area contributed by atoms with Crippen LogP contribution in [0.2, 0.25) is 0 Å². The van der Waals surface area contributed by atoms with E-state index in [-0.39, 0.29) is 82.5 Å². The van der Waals surface area contributed by atoms with Crippen molar-refractivity contribution in [2.45, 2.75) is 126 Å². The molecule has 24 N–H and O–H groups in total. The Kier molecular flexibility index (Phi) is 27.9. The molecule has 332 valence electrons. The van der Waals surface area contributed by atoms with Crippen molar-refractivity contribution < 1.29 is 33.9 Å². The second-order valence-electron chi connectivity index (χ2n) is 13.7. The molecule has 0 heterocycles. The van der Waals surface area contributed by atoms with E-state index >= 15 is 0 Å². The molecule has 24 nitrogen and oxygen atoms in total. The predicted octanol–water partition coefficient (Wildman–Crippen LogP) is -6.26. The van der Waals surface area contributed by atoms with Gasteiger partial charge in [-0.1, -0.05) is 0 Å². The summed E-state index contributed by atoms with van der Waals surface area (Å²) in [7, 11) is 0. The van der Waals surface area contributed by atoms with Crippen LogP contribution >= 0.6 is 0 Å². The number of carbonyl (C=O) groups is 6. The van der Waals surface area contributed by atoms with Gasteiger partial charge in [-0.05, 0) is 97.1 Å². The smallest absolute Gasteiger partial charge is 0.243 e. The highest BCUT2D eigenvalue weighted by Crippen LogP contribution is 2.09. The van der Waals surface area contributed by atoms with Gasteiger partial charge in [0.15, 0.2) is 17.9 Å². The first-order valence-corrected chi connectivity index (χ1v) is 19.4. The molecule has 0 fully saturated rings. The fraction of sp³-hybridized carbons (Fsp3) is 0.735. The number of amides is 5. The molecular weight excluding hydrogens is 758 g/mol. The fourth-order valence-corrected chi connectivity index (χ4v) is 5.35. The molecule has 0 aliphatic carbocycles. The molecule has 0 aliphatic rings. The van der Waals surface area contributed by atoms with Gasteiger partial charge in [0.05, 0.1) is 12.1 Å². The summed E-state index contributed by atoms with van der Waals surface area (Å²) in [5.74, 6) is -4.14. The number of guanidine groups is 3. The zero-order chi connectivity index (χ0) is 44.0. The summed E-state index contributed by atoms with van der Waals surface area (Å²) < 4.78 is 0. The summed E-state index contributed by atoms with van der Waals surface area (Å²) in [5, 5.41) is 23.0. The summed E-state index contributed by atoms with van der Waals surface area (Å²) >= 11 is 0. The Morgan fingerprint density at radius 1 is 0.517 bits per heavy atom. The Bertz CT molecular complexity index is 1350. The molecule has 0 spiro atoms. The Hall–Kier alpha value is -5.33. The van der Waals surface area contributed by atoms with Crippen molar-refractivity contribution in [2.24, 2.45) is 66.6 Å². The van der Waals surface area contributed by atoms with Crippen molar-refractivity contribution in [3.63, 3.8) is 0 Å². The lowest BCUT2D eigenvalue weighted by Crippen LogP contribution is -2.59. The van der Waals surface area contributed by atoms with Crippen LogP contribution < -0.4 is 78.2 Å². The van der Waals surface area contributed by atoms with Gasteiger partial charge in [-0.25, -0.2) is 0 Å². The lowest BCUT2D eigenvalue weighted by atomic mass is 10.0. The first-order chi connectivity index (χ1) is 27.5. The van der Waals surface area contributed by atoms with Crippen LogP contribution in [0.4, 0.5) is 0 Å². The van der Waals surface area contributed by atoms with Gasteiger partial charge in [0, 0.05) is 19.6 Å². The Labute approximate surface area is 339 Å². The van der Waals surface area contributed by atoms with Crippen LogP contribution in [0.5, 0.6) is 0 Å². The normalized spacial score (nSPS) is 14.4. The van der Waals surface area contributed by atoms with Gasteiger partial charge in [0.25, 0.3) is 0 Å². The average Bonchev–Trinajstić information content (AvgIpc) is 3.16. The molecule has 24 heteroatoms. The molecule has 5 amide bonds. The summed E-state index contributed by atoms with van der Waals surface area (Å²) in [4.78, 5) is 91.3. The van der Waals surface area contributed by atoms with Crippen molar-refractivity contribution in [2.75, 3.05) is 32.7 Å². The summed E-state index contributed by atoms with van der Waals surface area (Å²) in [6.45, 7) is 2.42. The number of aliphatic hydroxyl groups excluding tert-OH is 1. The SMILES string of the molecule is C[C@@H](O)[C@H](N)C(=O)N[C@@H](CCCCN)C(=O)N[C@@H](CCCCN)C(=O)N[C@@H](CCCN=C(N)N)C(=O)N[C@@H](CCCN=C(N)N)C(=O)N[C@H](C=O)CCCN=C(N)N. The second kappa shape index (κ2) is 30.8. The maximum Gasteiger partial charge on any atom is 0.243 e. The van der Waals surface area contributed by atoms with E-state index in [0.29, 0.717) is 51.5 Å². The number of unbranched alkanes of at least 4 members (excludes halogenated alkanes) is 2. The maximum atomic E-state index is 13.9. The Morgan fingerprint density at radius 3 is 1.14 bits per heavy atom. The molecule has 0 rings (SSSR count). The molecule has 0 radical (unpaired) electrons. The van der Waals surface area contributed by atoms with E-state index in [1.54, 1.807) is 0 Å². The Morgan fingerprint density at radius 2 is 0.828 bits per heavy atom. The van der Waals surface area contributed by atoms with E-state index in [2.05, 4.69) is 41.6 Å². The molecule has 0 bridgehead atoms. The quantitative estimate of drug-likeness (QED) is 0.0130. The van der Waals surface area contributed by atoms with Crippen molar-refractivity contribution in [3.05, 3.63) is 0 Å². The van der Waals surface area contributed by atoms with Crippen molar-refractivity contribution in [3.8, 4) is 0 Å². The van der Waals surface area contributed by atoms with Crippen LogP contribution in [0.3, 0.4) is 0 Å². The number of aldehydes is 1. The highest BCUT2D eigenvalue weighted by Gasteiger charge is 2.32. The van der Waals surface area contributed by atoms with Gasteiger partial charge in [-0.3, -0.25) is 38.9 Å². The molecule has 0 saturated heterocycles. The molecule has 0 aromatic carbocycles. The first-order valence-electron chi connectivity index (χ1n) is 19.4. The molecule has 0 aromatic rings. The van der Waals surface area contributed by atoms with Crippen LogP contribution in [0.25, 0.3) is 0 Å². The molecular formula is C34H69N17O7. The van der Waals surface area contributed by atoms with Crippen molar-refractivity contribution in [1.29, 1.82) is 0 Å². The average molecular weight is 828 g/mol. The number of aliphatic imine (C=N–C) groups is 3. The molecule has 0 aliphatic heterocycles. The van der Waals surface area contributed by atoms with E-state index in [0.717, 1.165) is 0 Å². The molecule has 58 heavy (non-hydrogen) atoms. The third-order valence-corrected chi connectivity index (χ3v) is 8.60. The van der Waals surface area contributed by atoms with Crippen LogP contribution in [-0.4, -0.2) is 134 Å². The fourth-order valence-electron chi connectivity index (χ4n) is 5.35. The maximum absolute atomic E-state index is 13.9. The van der Waals surface area contributed by atoms with Gasteiger partial charge in [-0.15, -0.1) is 0 Å². The van der Waals surface area contributed by atoms with E-state index in [4.69, 9.17) is 51.6 Å². The van der Waals surface area contributed by atoms with E-state index in [1.807, 2.05) is 0 Å². The lowest BCUT2D eigenvalue weighted by Gasteiger charge is -2.27. The van der Waals surface area contributed by atoms with Gasteiger partial charge in [-0.2, -0.15) is 0 Å². The van der Waals surface area contributed by atoms with E-state index in [1.165, 1.54) is 6.92 Å². The van der Waals surface area contributed by atoms with Gasteiger partial charge in [0.1, 0.15) is 36.5 Å². The lowest BCUT2D eigenvalue weighted by molar-refractivity contribution is -0.135. The number of hydrogen-bond donors (Lipinski definition) is 15. The van der Waals surface area contributed by atoms with E-state index < -0.39 is 71.9 Å². The zero-order valence-electron chi connectivity index (χ0n) is 33.6. The molecule has 0 unspecified atom stereocenters. The number of rotatable bonds is 32. The van der Waals surface area contributed by atoms with Crippen LogP contribution in [0.1, 0.15) is 84.0 Å². The van der Waals surface area contributed by atoms with Gasteiger partial charge in [0.2, 0.25) is 29.5 Å². The number of aliphatic hydroxyl groups is 1. The number of nitrogens with zero attached hydrogens (tertiary/aromatic N) is 3. The predicted molar refractivity (Wildman–Crippen MR) is 221 cm³/mol. The van der Waals surface area contributed by atoms with Crippen LogP contribution in [0, 0.1) is 0 Å². The zero-order valence-corrected chi connectivity index (χ0v) is 33.6. The summed E-state index contributed by atoms with van der Waals surface area (Å²) in [6, 6.07) is -7.05. The van der Waals surface area contributed by atoms with Gasteiger partial charge < -0.3 is 88.1 Å². The molecule has 0 aromatic heterocycles. The third kappa shape index (κ3) is 24.3. The number of carbonyl (C=O) groups excluding carboxylic acids is 6. The molecule has 7 atom stereocenters. The first kappa shape index (κ1) is 52.7. The number of nitrogens with two attached hydrogens (primary N) is 9. The number of nitrogens with one attached hydrogen (secondary N) is 5. The van der Waals surface area contributed by atoms with E-state index in [9.17, 15) is 33.9 Å². The largest absolute Gasteiger partial charge is 0.391 e. The third-order valence-electron chi connectivity index (χ3n) is 8.60. The highest BCUT2D eigenvalue weighted by atomic mass is 16.3. The minimum atomic E-state index is -1.32. The minimum absolute atomic E-state index is 0.00306. The van der Waals surface area contributed by atoms with Gasteiger partial charge >= 0.3 is 0 Å². The van der Waals surface area contributed by atoms with Crippen molar-refractivity contribution >= 4 is 53.7 Å². The monoisotopic (exact) mass is 828 g/mol. The second-order valence-corrected chi connectivity index (χ2v) is 13.7. The topological polar surface area (TPSA) is 454 Å². The standard InChI is InChI=1S/C34H69N17O7/c1-20(53)26(37)31(58)51-23(11-3-5-15-36)29(56)48-22(10-2-4-14-35)28(55)50-25(13-8-18-46-34(42)43)30(57)49-24(12-7-17-45-33(40)41)27(54)47-21(19-52)9-6-16-44-32(38)39/h19-26,53H,2-18,35-37H2,1H3,(H,47,54)(H,48,56)(H,49,57)(H,50,55)(H,51,58)(H4,38,39,44)(H4,40,41,45)(H4,42,43,46)/t20-,21+,22+,23+,24+,25+,26+/m1/s1.